The van der Waals surface area contributed by atoms with Crippen molar-refractivity contribution in [2.24, 2.45) is 5.92 Å². The third-order valence-corrected chi connectivity index (χ3v) is 7.62. The smallest absolute Gasteiger partial charge is 0.241 e. The molecule has 0 radical (unpaired) electrons. The lowest BCUT2D eigenvalue weighted by Gasteiger charge is -2.35. The maximum atomic E-state index is 13.6. The molecule has 0 unspecified atom stereocenters. The molecule has 3 aromatic rings. The predicted molar refractivity (Wildman–Crippen MR) is 132 cm³/mol. The minimum atomic E-state index is -0.503. The number of carbonyl (C=O) groups excluding carboxylic acids is 2. The van der Waals surface area contributed by atoms with Gasteiger partial charge in [0.1, 0.15) is 5.25 Å². The molecule has 6 nitrogen and oxygen atoms in total. The number of amides is 2. The summed E-state index contributed by atoms with van der Waals surface area (Å²) in [5.74, 6) is 0.690. The Morgan fingerprint density at radius 3 is 2.62 bits per heavy atom. The van der Waals surface area contributed by atoms with Gasteiger partial charge in [0.2, 0.25) is 18.6 Å². The fourth-order valence-corrected chi connectivity index (χ4v) is 5.42. The van der Waals surface area contributed by atoms with E-state index in [9.17, 15) is 9.59 Å². The van der Waals surface area contributed by atoms with Crippen LogP contribution in [0.2, 0.25) is 0 Å². The first-order valence-corrected chi connectivity index (χ1v) is 12.2. The highest BCUT2D eigenvalue weighted by atomic mass is 32.2. The van der Waals surface area contributed by atoms with Crippen molar-refractivity contribution in [3.8, 4) is 11.5 Å². The van der Waals surface area contributed by atoms with Crippen molar-refractivity contribution in [1.82, 2.24) is 5.32 Å². The molecule has 2 heterocycles. The van der Waals surface area contributed by atoms with Gasteiger partial charge in [-0.1, -0.05) is 55.0 Å². The van der Waals surface area contributed by atoms with Gasteiger partial charge in [0, 0.05) is 11.4 Å². The van der Waals surface area contributed by atoms with Gasteiger partial charge in [0.05, 0.1) is 18.2 Å². The van der Waals surface area contributed by atoms with E-state index in [-0.39, 0.29) is 18.6 Å². The van der Waals surface area contributed by atoms with E-state index in [1.807, 2.05) is 85.5 Å². The average Bonchev–Trinajstić information content (AvgIpc) is 3.33. The van der Waals surface area contributed by atoms with Crippen LogP contribution in [0.5, 0.6) is 11.5 Å². The molecule has 2 aliphatic rings. The van der Waals surface area contributed by atoms with Gasteiger partial charge in [0.25, 0.3) is 0 Å². The summed E-state index contributed by atoms with van der Waals surface area (Å²) in [6.07, 6.45) is 0. The molecule has 34 heavy (non-hydrogen) atoms. The third kappa shape index (κ3) is 4.48. The first kappa shape index (κ1) is 22.3. The summed E-state index contributed by atoms with van der Waals surface area (Å²) in [6, 6.07) is 21.7. The quantitative estimate of drug-likeness (QED) is 0.562. The summed E-state index contributed by atoms with van der Waals surface area (Å²) in [6.45, 7) is 4.90. The Labute approximate surface area is 203 Å². The van der Waals surface area contributed by atoms with Gasteiger partial charge in [-0.15, -0.1) is 11.8 Å². The standard InChI is InChI=1S/C27H26N2O4S/c1-17-7-9-19(10-8-17)15-29-21-5-3-4-6-24(21)34-25(27(29)31)18(2)26(30)28-14-20-11-12-22-23(13-20)33-16-32-22/h3-13,18,25H,14-16H2,1-2H3,(H,28,30)/t18-,25+/m0/s1. The normalized spacial score (nSPS) is 17.3. The number of fused-ring (bicyclic) bond motifs is 2. The molecule has 7 heteroatoms. The Kier molecular flexibility index (Phi) is 6.20. The van der Waals surface area contributed by atoms with Gasteiger partial charge < -0.3 is 19.7 Å². The maximum Gasteiger partial charge on any atom is 0.241 e. The van der Waals surface area contributed by atoms with Gasteiger partial charge in [0.15, 0.2) is 11.5 Å². The molecule has 2 aliphatic heterocycles. The monoisotopic (exact) mass is 474 g/mol. The van der Waals surface area contributed by atoms with Crippen LogP contribution in [0.15, 0.2) is 71.6 Å². The van der Waals surface area contributed by atoms with Crippen LogP contribution in [0.3, 0.4) is 0 Å². The second-order valence-corrected chi connectivity index (χ2v) is 9.79. The van der Waals surface area contributed by atoms with Crippen LogP contribution < -0.4 is 19.7 Å². The number of aryl methyl sites for hydroxylation is 1. The number of nitrogens with zero attached hydrogens (tertiary/aromatic N) is 1. The molecule has 0 fully saturated rings. The first-order valence-electron chi connectivity index (χ1n) is 11.3. The van der Waals surface area contributed by atoms with Crippen molar-refractivity contribution >= 4 is 29.3 Å². The summed E-state index contributed by atoms with van der Waals surface area (Å²) < 4.78 is 10.8. The number of carbonyl (C=O) groups is 2. The lowest BCUT2D eigenvalue weighted by molar-refractivity contribution is -0.128. The molecule has 0 saturated heterocycles. The van der Waals surface area contributed by atoms with Crippen molar-refractivity contribution in [2.75, 3.05) is 11.7 Å². The van der Waals surface area contributed by atoms with Crippen LogP contribution >= 0.6 is 11.8 Å². The molecule has 0 spiro atoms. The molecule has 2 atom stereocenters. The molecule has 0 aromatic heterocycles. The summed E-state index contributed by atoms with van der Waals surface area (Å²) >= 11 is 1.47. The van der Waals surface area contributed by atoms with Crippen molar-refractivity contribution in [3.63, 3.8) is 0 Å². The summed E-state index contributed by atoms with van der Waals surface area (Å²) in [7, 11) is 0. The zero-order valence-electron chi connectivity index (χ0n) is 19.1. The van der Waals surface area contributed by atoms with Gasteiger partial charge in [-0.2, -0.15) is 0 Å². The van der Waals surface area contributed by atoms with E-state index in [0.29, 0.717) is 24.6 Å². The van der Waals surface area contributed by atoms with Crippen LogP contribution in [0.1, 0.15) is 23.6 Å². The molecule has 174 valence electrons. The second-order valence-electron chi connectivity index (χ2n) is 8.61. The van der Waals surface area contributed by atoms with Crippen LogP contribution in [-0.4, -0.2) is 23.9 Å². The van der Waals surface area contributed by atoms with Crippen LogP contribution in [0, 0.1) is 12.8 Å². The van der Waals surface area contributed by atoms with Crippen molar-refractivity contribution in [1.29, 1.82) is 0 Å². The molecule has 0 aliphatic carbocycles. The molecule has 5 rings (SSSR count). The average molecular weight is 475 g/mol. The number of anilines is 1. The number of rotatable bonds is 6. The molecule has 1 N–H and O–H groups in total. The Hall–Kier alpha value is -3.45. The second kappa shape index (κ2) is 9.43. The van der Waals surface area contributed by atoms with Gasteiger partial charge >= 0.3 is 0 Å². The van der Waals surface area contributed by atoms with E-state index in [1.165, 1.54) is 17.3 Å². The van der Waals surface area contributed by atoms with E-state index in [1.54, 1.807) is 0 Å². The predicted octanol–water partition coefficient (Wildman–Crippen LogP) is 4.68. The minimum Gasteiger partial charge on any atom is -0.454 e. The lowest BCUT2D eigenvalue weighted by Crippen LogP contribution is -2.47. The van der Waals surface area contributed by atoms with E-state index in [2.05, 4.69) is 5.32 Å². The molecule has 0 bridgehead atoms. The van der Waals surface area contributed by atoms with Crippen molar-refractivity contribution in [2.45, 2.75) is 37.1 Å². The number of para-hydroxylation sites is 1. The Bertz CT molecular complexity index is 1230. The number of thioether (sulfide) groups is 1. The van der Waals surface area contributed by atoms with Crippen LogP contribution in [-0.2, 0) is 22.7 Å². The highest BCUT2D eigenvalue weighted by molar-refractivity contribution is 8.01. The fraction of sp³-hybridized carbons (Fsp3) is 0.259. The highest BCUT2D eigenvalue weighted by Crippen LogP contribution is 2.42. The zero-order valence-corrected chi connectivity index (χ0v) is 19.9. The SMILES string of the molecule is Cc1ccc(CN2C(=O)[C@@H]([C@H](C)C(=O)NCc3ccc4c(c3)OCO4)Sc3ccccc32)cc1. The number of hydrogen-bond acceptors (Lipinski definition) is 5. The van der Waals surface area contributed by atoms with Gasteiger partial charge in [-0.25, -0.2) is 0 Å². The Morgan fingerprint density at radius 1 is 1.06 bits per heavy atom. The lowest BCUT2D eigenvalue weighted by atomic mass is 10.0. The van der Waals surface area contributed by atoms with Crippen molar-refractivity contribution < 1.29 is 19.1 Å². The van der Waals surface area contributed by atoms with Crippen LogP contribution in [0.25, 0.3) is 0 Å². The fourth-order valence-electron chi connectivity index (χ4n) is 4.13. The molecular formula is C27H26N2O4S. The van der Waals surface area contributed by atoms with Gasteiger partial charge in [-0.3, -0.25) is 9.59 Å². The van der Waals surface area contributed by atoms with E-state index in [4.69, 9.17) is 9.47 Å². The van der Waals surface area contributed by atoms with Crippen molar-refractivity contribution in [3.05, 3.63) is 83.4 Å². The number of hydrogen-bond donors (Lipinski definition) is 1. The number of nitrogens with one attached hydrogen (secondary N) is 1. The van der Waals surface area contributed by atoms with E-state index >= 15 is 0 Å². The summed E-state index contributed by atoms with van der Waals surface area (Å²) in [5.41, 5.74) is 4.04. The maximum absolute atomic E-state index is 13.6. The first-order chi connectivity index (χ1) is 16.5. The molecule has 2 amide bonds. The Balaban J connectivity index is 1.31. The minimum absolute atomic E-state index is 0.0463. The topological polar surface area (TPSA) is 67.9 Å². The Morgan fingerprint density at radius 2 is 1.79 bits per heavy atom. The molecular weight excluding hydrogens is 448 g/mol. The third-order valence-electron chi connectivity index (χ3n) is 6.15. The van der Waals surface area contributed by atoms with E-state index < -0.39 is 11.2 Å². The summed E-state index contributed by atoms with van der Waals surface area (Å²) in [4.78, 5) is 29.5. The highest BCUT2D eigenvalue weighted by Gasteiger charge is 2.39. The molecule has 3 aromatic carbocycles. The summed E-state index contributed by atoms with van der Waals surface area (Å²) in [5, 5.41) is 2.48. The van der Waals surface area contributed by atoms with Gasteiger partial charge in [-0.05, 0) is 42.3 Å². The van der Waals surface area contributed by atoms with E-state index in [0.717, 1.165) is 21.7 Å². The molecule has 0 saturated carbocycles. The van der Waals surface area contributed by atoms with Crippen LogP contribution in [0.4, 0.5) is 5.69 Å². The number of benzene rings is 3. The number of ether oxygens (including phenoxy) is 2. The zero-order chi connectivity index (χ0) is 23.7. The largest absolute Gasteiger partial charge is 0.454 e.